The van der Waals surface area contributed by atoms with Crippen LogP contribution < -0.4 is 16.4 Å². The van der Waals surface area contributed by atoms with Gasteiger partial charge in [-0.25, -0.2) is 9.97 Å². The van der Waals surface area contributed by atoms with Crippen LogP contribution in [0.1, 0.15) is 24.0 Å². The number of piperidine rings is 1. The van der Waals surface area contributed by atoms with E-state index in [2.05, 4.69) is 39.7 Å². The normalized spacial score (nSPS) is 20.4. The minimum absolute atomic E-state index is 0.429. The monoisotopic (exact) mass is 359 g/mol. The molecule has 0 spiro atoms. The van der Waals surface area contributed by atoms with Crippen molar-refractivity contribution in [1.29, 1.82) is 0 Å². The lowest BCUT2D eigenvalue weighted by atomic mass is 9.94. The number of nitrogen functional groups attached to an aromatic ring is 1. The Bertz CT molecular complexity index is 718. The fourth-order valence-corrected chi connectivity index (χ4v) is 3.81. The summed E-state index contributed by atoms with van der Waals surface area (Å²) in [6, 6.07) is 9.99. The highest BCUT2D eigenvalue weighted by molar-refractivity contribution is 7.98. The number of benzene rings is 1. The molecular weight excluding hydrogens is 334 g/mol. The van der Waals surface area contributed by atoms with Crippen molar-refractivity contribution in [2.24, 2.45) is 0 Å². The summed E-state index contributed by atoms with van der Waals surface area (Å²) in [4.78, 5) is 8.83. The zero-order valence-corrected chi connectivity index (χ0v) is 15.3. The second kappa shape index (κ2) is 8.03. The zero-order chi connectivity index (χ0) is 17.7. The van der Waals surface area contributed by atoms with Crippen molar-refractivity contribution in [2.45, 2.75) is 36.3 Å². The summed E-state index contributed by atoms with van der Waals surface area (Å²) in [5.74, 6) is 1.88. The van der Waals surface area contributed by atoms with Crippen LogP contribution in [-0.4, -0.2) is 40.3 Å². The summed E-state index contributed by atoms with van der Waals surface area (Å²) < 4.78 is 0. The molecule has 6 nitrogen and oxygen atoms in total. The fourth-order valence-electron chi connectivity index (χ4n) is 2.87. The van der Waals surface area contributed by atoms with Gasteiger partial charge in [0, 0.05) is 24.9 Å². The summed E-state index contributed by atoms with van der Waals surface area (Å²) in [5.41, 5.74) is 7.69. The van der Waals surface area contributed by atoms with Gasteiger partial charge >= 0.3 is 0 Å². The van der Waals surface area contributed by atoms with Crippen LogP contribution in [0, 0.1) is 6.92 Å². The van der Waals surface area contributed by atoms with E-state index in [1.807, 2.05) is 12.1 Å². The van der Waals surface area contributed by atoms with Crippen molar-refractivity contribution < 1.29 is 5.11 Å². The zero-order valence-electron chi connectivity index (χ0n) is 14.5. The van der Waals surface area contributed by atoms with Crippen LogP contribution in [0.2, 0.25) is 0 Å². The predicted octanol–water partition coefficient (Wildman–Crippen LogP) is 2.19. The summed E-state index contributed by atoms with van der Waals surface area (Å²) >= 11 is 1.56. The molecule has 2 aromatic rings. The van der Waals surface area contributed by atoms with Crippen molar-refractivity contribution in [3.8, 4) is 0 Å². The Balaban J connectivity index is 1.63. The molecule has 1 saturated heterocycles. The Hall–Kier alpha value is -1.83. The van der Waals surface area contributed by atoms with Gasteiger partial charge in [-0.2, -0.15) is 0 Å². The Morgan fingerprint density at radius 1 is 1.36 bits per heavy atom. The van der Waals surface area contributed by atoms with Gasteiger partial charge in [0.2, 0.25) is 0 Å². The molecule has 134 valence electrons. The van der Waals surface area contributed by atoms with Crippen LogP contribution in [0.15, 0.2) is 35.5 Å². The largest absolute Gasteiger partial charge is 0.387 e. The number of aryl methyl sites for hydroxylation is 1. The SMILES string of the molecule is Cc1ccccc1CSc1nc(N)cc(NC[C@@]2(O)CCCNC2)n1. The number of nitrogens with one attached hydrogen (secondary N) is 2. The molecule has 7 heteroatoms. The van der Waals surface area contributed by atoms with Crippen LogP contribution in [0.5, 0.6) is 0 Å². The number of nitrogens with zero attached hydrogens (tertiary/aromatic N) is 2. The first-order valence-electron chi connectivity index (χ1n) is 8.53. The molecule has 25 heavy (non-hydrogen) atoms. The van der Waals surface area contributed by atoms with Crippen LogP contribution >= 0.6 is 11.8 Å². The third-order valence-corrected chi connectivity index (χ3v) is 5.29. The second-order valence-electron chi connectivity index (χ2n) is 6.53. The van der Waals surface area contributed by atoms with Crippen LogP contribution in [0.4, 0.5) is 11.6 Å². The van der Waals surface area contributed by atoms with Crippen molar-refractivity contribution in [3.05, 3.63) is 41.5 Å². The van der Waals surface area contributed by atoms with E-state index in [4.69, 9.17) is 5.73 Å². The van der Waals surface area contributed by atoms with Crippen LogP contribution in [0.25, 0.3) is 0 Å². The van der Waals surface area contributed by atoms with Gasteiger partial charge in [0.05, 0.1) is 5.60 Å². The summed E-state index contributed by atoms with van der Waals surface area (Å²) in [6.07, 6.45) is 1.75. The van der Waals surface area contributed by atoms with Gasteiger partial charge in [-0.15, -0.1) is 0 Å². The molecule has 0 unspecified atom stereocenters. The molecule has 0 aliphatic carbocycles. The maximum absolute atomic E-state index is 10.5. The molecule has 3 rings (SSSR count). The number of rotatable bonds is 6. The number of aromatic nitrogens is 2. The third-order valence-electron chi connectivity index (χ3n) is 4.39. The molecule has 1 aliphatic rings. The summed E-state index contributed by atoms with van der Waals surface area (Å²) in [7, 11) is 0. The second-order valence-corrected chi connectivity index (χ2v) is 7.48. The Morgan fingerprint density at radius 3 is 2.96 bits per heavy atom. The molecular formula is C18H25N5OS. The average Bonchev–Trinajstić information content (AvgIpc) is 2.60. The quantitative estimate of drug-likeness (QED) is 0.464. The first kappa shape index (κ1) is 18.0. The van der Waals surface area contributed by atoms with Gasteiger partial charge in [0.15, 0.2) is 5.16 Å². The highest BCUT2D eigenvalue weighted by Crippen LogP contribution is 2.24. The number of nitrogens with two attached hydrogens (primary N) is 1. The highest BCUT2D eigenvalue weighted by atomic mass is 32.2. The smallest absolute Gasteiger partial charge is 0.191 e. The first-order valence-corrected chi connectivity index (χ1v) is 9.51. The van der Waals surface area contributed by atoms with E-state index >= 15 is 0 Å². The maximum atomic E-state index is 10.5. The van der Waals surface area contributed by atoms with E-state index in [0.29, 0.717) is 29.9 Å². The fraction of sp³-hybridized carbons (Fsp3) is 0.444. The van der Waals surface area contributed by atoms with Crippen molar-refractivity contribution in [3.63, 3.8) is 0 Å². The molecule has 0 saturated carbocycles. The van der Waals surface area contributed by atoms with E-state index in [0.717, 1.165) is 25.1 Å². The molecule has 0 bridgehead atoms. The molecule has 1 aromatic carbocycles. The summed E-state index contributed by atoms with van der Waals surface area (Å²) in [5, 5.41) is 17.6. The Labute approximate surface area is 152 Å². The molecule has 2 heterocycles. The number of anilines is 2. The van der Waals surface area contributed by atoms with E-state index in [1.54, 1.807) is 17.8 Å². The van der Waals surface area contributed by atoms with Gasteiger partial charge in [-0.05, 0) is 37.4 Å². The standard InChI is InChI=1S/C18H25N5OS/c1-13-5-2-3-6-14(13)10-25-17-22-15(19)9-16(23-17)21-12-18(24)7-4-8-20-11-18/h2-3,5-6,9,20,24H,4,7-8,10-12H2,1H3,(H3,19,21,22,23)/t18-/m1/s1. The molecule has 1 aliphatic heterocycles. The molecule has 5 N–H and O–H groups in total. The van der Waals surface area contributed by atoms with Crippen molar-refractivity contribution >= 4 is 23.4 Å². The molecule has 1 aromatic heterocycles. The van der Waals surface area contributed by atoms with Gasteiger partial charge in [-0.1, -0.05) is 36.0 Å². The van der Waals surface area contributed by atoms with Gasteiger partial charge in [0.25, 0.3) is 0 Å². The minimum atomic E-state index is -0.744. The average molecular weight is 359 g/mol. The van der Waals surface area contributed by atoms with Crippen molar-refractivity contribution in [1.82, 2.24) is 15.3 Å². The Morgan fingerprint density at radius 2 is 2.20 bits per heavy atom. The predicted molar refractivity (Wildman–Crippen MR) is 103 cm³/mol. The number of aliphatic hydroxyl groups is 1. The van der Waals surface area contributed by atoms with Crippen molar-refractivity contribution in [2.75, 3.05) is 30.7 Å². The lowest BCUT2D eigenvalue weighted by Gasteiger charge is -2.32. The highest BCUT2D eigenvalue weighted by Gasteiger charge is 2.28. The number of hydrogen-bond acceptors (Lipinski definition) is 7. The topological polar surface area (TPSA) is 96.1 Å². The van der Waals surface area contributed by atoms with E-state index in [9.17, 15) is 5.11 Å². The molecule has 0 radical (unpaired) electrons. The lowest BCUT2D eigenvalue weighted by molar-refractivity contribution is 0.0291. The van der Waals surface area contributed by atoms with Gasteiger partial charge in [0.1, 0.15) is 11.6 Å². The third kappa shape index (κ3) is 5.07. The Kier molecular flexibility index (Phi) is 5.78. The molecule has 1 atom stereocenters. The summed E-state index contributed by atoms with van der Waals surface area (Å²) in [6.45, 7) is 4.10. The van der Waals surface area contributed by atoms with Crippen LogP contribution in [0.3, 0.4) is 0 Å². The van der Waals surface area contributed by atoms with E-state index in [-0.39, 0.29) is 0 Å². The number of β-amino-alcohol motifs (C(OH)–C–C–N with tert-alkyl or cyclic N) is 1. The van der Waals surface area contributed by atoms with Gasteiger partial charge in [-0.3, -0.25) is 0 Å². The van der Waals surface area contributed by atoms with E-state index < -0.39 is 5.60 Å². The number of hydrogen-bond donors (Lipinski definition) is 4. The van der Waals surface area contributed by atoms with Crippen LogP contribution in [-0.2, 0) is 5.75 Å². The van der Waals surface area contributed by atoms with Gasteiger partial charge < -0.3 is 21.5 Å². The minimum Gasteiger partial charge on any atom is -0.387 e. The maximum Gasteiger partial charge on any atom is 0.191 e. The molecule has 1 fully saturated rings. The first-order chi connectivity index (χ1) is 12.0. The lowest BCUT2D eigenvalue weighted by Crippen LogP contribution is -2.50. The van der Waals surface area contributed by atoms with E-state index in [1.165, 1.54) is 11.1 Å². The molecule has 0 amide bonds. The number of thioether (sulfide) groups is 1.